The van der Waals surface area contributed by atoms with E-state index in [1.165, 1.54) is 32.1 Å². The third-order valence-corrected chi connectivity index (χ3v) is 5.46. The molecule has 4 bridgehead atoms. The predicted octanol–water partition coefficient (Wildman–Crippen LogP) is 0.461. The fraction of sp³-hybridized carbons (Fsp3) is 0.929. The van der Waals surface area contributed by atoms with Gasteiger partial charge in [0, 0.05) is 13.1 Å². The molecule has 4 aliphatic rings. The molecule has 0 spiro atoms. The molecule has 5 N–H and O–H groups in total. The van der Waals surface area contributed by atoms with Crippen LogP contribution in [0.15, 0.2) is 0 Å². The van der Waals surface area contributed by atoms with Crippen LogP contribution in [0.4, 0.5) is 0 Å². The molecule has 4 saturated carbocycles. The second kappa shape index (κ2) is 4.82. The maximum atomic E-state index is 12.0. The van der Waals surface area contributed by atoms with Crippen LogP contribution < -0.4 is 16.8 Å². The van der Waals surface area contributed by atoms with Gasteiger partial charge in [-0.3, -0.25) is 4.79 Å². The monoisotopic (exact) mass is 251 g/mol. The first-order valence-corrected chi connectivity index (χ1v) is 7.42. The molecule has 4 rings (SSSR count). The van der Waals surface area contributed by atoms with Crippen LogP contribution in [0.25, 0.3) is 0 Å². The highest BCUT2D eigenvalue weighted by atomic mass is 16.2. The summed E-state index contributed by atoms with van der Waals surface area (Å²) < 4.78 is 0. The molecule has 4 aliphatic carbocycles. The van der Waals surface area contributed by atoms with Gasteiger partial charge in [-0.15, -0.1) is 0 Å². The van der Waals surface area contributed by atoms with E-state index in [1.54, 1.807) is 0 Å². The van der Waals surface area contributed by atoms with E-state index in [0.717, 1.165) is 11.8 Å². The van der Waals surface area contributed by atoms with Crippen molar-refractivity contribution in [3.63, 3.8) is 0 Å². The van der Waals surface area contributed by atoms with Crippen LogP contribution in [0, 0.1) is 29.6 Å². The standard InChI is InChI=1S/C14H25N3O/c15-1-2-17-14(18)13(16)12-10-4-8-3-9(6-10)7-11(12)5-8/h8-13H,1-7,15-16H2,(H,17,18). The molecule has 102 valence electrons. The van der Waals surface area contributed by atoms with Crippen molar-refractivity contribution in [2.24, 2.45) is 41.1 Å². The molecule has 0 saturated heterocycles. The Morgan fingerprint density at radius 3 is 2.17 bits per heavy atom. The van der Waals surface area contributed by atoms with Gasteiger partial charge in [0.1, 0.15) is 0 Å². The van der Waals surface area contributed by atoms with E-state index in [9.17, 15) is 4.79 Å². The summed E-state index contributed by atoms with van der Waals surface area (Å²) in [4.78, 5) is 12.0. The highest BCUT2D eigenvalue weighted by Gasteiger charge is 2.50. The summed E-state index contributed by atoms with van der Waals surface area (Å²) in [7, 11) is 0. The lowest BCUT2D eigenvalue weighted by Gasteiger charge is -2.55. The Bertz CT molecular complexity index is 303. The molecule has 4 heteroatoms. The molecular weight excluding hydrogens is 226 g/mol. The van der Waals surface area contributed by atoms with Gasteiger partial charge in [0.05, 0.1) is 6.04 Å². The maximum absolute atomic E-state index is 12.0. The van der Waals surface area contributed by atoms with Gasteiger partial charge in [0.15, 0.2) is 0 Å². The number of carbonyl (C=O) groups excluding carboxylic acids is 1. The van der Waals surface area contributed by atoms with Crippen LogP contribution in [0.2, 0.25) is 0 Å². The topological polar surface area (TPSA) is 81.1 Å². The minimum Gasteiger partial charge on any atom is -0.353 e. The molecule has 0 radical (unpaired) electrons. The summed E-state index contributed by atoms with van der Waals surface area (Å²) >= 11 is 0. The number of nitrogens with one attached hydrogen (secondary N) is 1. The van der Waals surface area contributed by atoms with E-state index >= 15 is 0 Å². The molecule has 1 unspecified atom stereocenters. The van der Waals surface area contributed by atoms with Crippen LogP contribution in [-0.2, 0) is 4.79 Å². The Hall–Kier alpha value is -0.610. The fourth-order valence-corrected chi connectivity index (χ4v) is 5.04. The summed E-state index contributed by atoms with van der Waals surface area (Å²) in [6.07, 6.45) is 6.70. The summed E-state index contributed by atoms with van der Waals surface area (Å²) in [6, 6.07) is -0.313. The van der Waals surface area contributed by atoms with Gasteiger partial charge in [-0.05, 0) is 61.7 Å². The SMILES string of the molecule is NCCNC(=O)C(N)C1C2CC3CC(C2)CC1C3. The van der Waals surface area contributed by atoms with Gasteiger partial charge in [0.2, 0.25) is 5.91 Å². The van der Waals surface area contributed by atoms with E-state index in [0.29, 0.717) is 30.8 Å². The van der Waals surface area contributed by atoms with Crippen molar-refractivity contribution in [1.29, 1.82) is 0 Å². The molecular formula is C14H25N3O. The van der Waals surface area contributed by atoms with Gasteiger partial charge in [-0.25, -0.2) is 0 Å². The van der Waals surface area contributed by atoms with Crippen molar-refractivity contribution >= 4 is 5.91 Å². The number of rotatable bonds is 4. The average Bonchev–Trinajstić information content (AvgIpc) is 2.34. The molecule has 1 atom stereocenters. The molecule has 1 amide bonds. The van der Waals surface area contributed by atoms with E-state index in [4.69, 9.17) is 11.5 Å². The number of amides is 1. The molecule has 0 aromatic heterocycles. The minimum atomic E-state index is -0.313. The van der Waals surface area contributed by atoms with Crippen molar-refractivity contribution in [3.8, 4) is 0 Å². The first-order chi connectivity index (χ1) is 8.69. The molecule has 0 heterocycles. The Labute approximate surface area is 109 Å². The Kier molecular flexibility index (Phi) is 3.32. The van der Waals surface area contributed by atoms with Crippen molar-refractivity contribution in [1.82, 2.24) is 5.32 Å². The Morgan fingerprint density at radius 2 is 1.67 bits per heavy atom. The van der Waals surface area contributed by atoms with Crippen molar-refractivity contribution < 1.29 is 4.79 Å². The van der Waals surface area contributed by atoms with Crippen molar-refractivity contribution in [3.05, 3.63) is 0 Å². The average molecular weight is 251 g/mol. The fourth-order valence-electron chi connectivity index (χ4n) is 5.04. The maximum Gasteiger partial charge on any atom is 0.237 e. The first-order valence-electron chi connectivity index (χ1n) is 7.42. The summed E-state index contributed by atoms with van der Waals surface area (Å²) in [5, 5.41) is 2.85. The zero-order valence-electron chi connectivity index (χ0n) is 11.0. The lowest BCUT2D eigenvalue weighted by molar-refractivity contribution is -0.128. The van der Waals surface area contributed by atoms with E-state index < -0.39 is 0 Å². The zero-order chi connectivity index (χ0) is 12.7. The van der Waals surface area contributed by atoms with Crippen LogP contribution >= 0.6 is 0 Å². The second-order valence-corrected chi connectivity index (χ2v) is 6.61. The first kappa shape index (κ1) is 12.4. The minimum absolute atomic E-state index is 0.0120. The normalized spacial score (nSPS) is 42.9. The van der Waals surface area contributed by atoms with Gasteiger partial charge in [-0.1, -0.05) is 0 Å². The third kappa shape index (κ3) is 2.05. The predicted molar refractivity (Wildman–Crippen MR) is 70.6 cm³/mol. The second-order valence-electron chi connectivity index (χ2n) is 6.61. The van der Waals surface area contributed by atoms with E-state index in [2.05, 4.69) is 5.32 Å². The molecule has 4 nitrogen and oxygen atoms in total. The molecule has 0 aromatic rings. The van der Waals surface area contributed by atoms with Crippen molar-refractivity contribution in [2.45, 2.75) is 38.1 Å². The molecule has 0 aromatic carbocycles. The quantitative estimate of drug-likeness (QED) is 0.679. The molecule has 0 aliphatic heterocycles. The lowest BCUT2D eigenvalue weighted by atomic mass is 9.50. The van der Waals surface area contributed by atoms with Gasteiger partial charge < -0.3 is 16.8 Å². The van der Waals surface area contributed by atoms with Crippen LogP contribution in [0.1, 0.15) is 32.1 Å². The Balaban J connectivity index is 1.67. The van der Waals surface area contributed by atoms with Gasteiger partial charge >= 0.3 is 0 Å². The number of hydrogen-bond acceptors (Lipinski definition) is 3. The molecule has 4 fully saturated rings. The largest absolute Gasteiger partial charge is 0.353 e. The van der Waals surface area contributed by atoms with Gasteiger partial charge in [-0.2, -0.15) is 0 Å². The number of carbonyl (C=O) groups is 1. The smallest absolute Gasteiger partial charge is 0.237 e. The molecule has 18 heavy (non-hydrogen) atoms. The van der Waals surface area contributed by atoms with Crippen molar-refractivity contribution in [2.75, 3.05) is 13.1 Å². The van der Waals surface area contributed by atoms with Crippen LogP contribution in [0.3, 0.4) is 0 Å². The highest BCUT2D eigenvalue weighted by Crippen LogP contribution is 2.57. The summed E-state index contributed by atoms with van der Waals surface area (Å²) in [6.45, 7) is 1.03. The van der Waals surface area contributed by atoms with Gasteiger partial charge in [0.25, 0.3) is 0 Å². The van der Waals surface area contributed by atoms with Crippen LogP contribution in [0.5, 0.6) is 0 Å². The lowest BCUT2D eigenvalue weighted by Crippen LogP contribution is -2.56. The Morgan fingerprint density at radius 1 is 1.11 bits per heavy atom. The van der Waals surface area contributed by atoms with E-state index in [1.807, 2.05) is 0 Å². The number of nitrogens with two attached hydrogens (primary N) is 2. The number of hydrogen-bond donors (Lipinski definition) is 3. The zero-order valence-corrected chi connectivity index (χ0v) is 11.0. The van der Waals surface area contributed by atoms with E-state index in [-0.39, 0.29) is 11.9 Å². The summed E-state index contributed by atoms with van der Waals surface area (Å²) in [5.74, 6) is 3.72. The summed E-state index contributed by atoms with van der Waals surface area (Å²) in [5.41, 5.74) is 11.6. The highest BCUT2D eigenvalue weighted by molar-refractivity contribution is 5.81. The third-order valence-electron chi connectivity index (χ3n) is 5.46. The van der Waals surface area contributed by atoms with Crippen LogP contribution in [-0.4, -0.2) is 25.0 Å².